The number of rotatable bonds is 9. The third kappa shape index (κ3) is 6.36. The van der Waals surface area contributed by atoms with E-state index >= 15 is 0 Å². The van der Waals surface area contributed by atoms with Crippen LogP contribution in [0.5, 0.6) is 0 Å². The van der Waals surface area contributed by atoms with Gasteiger partial charge < -0.3 is 9.80 Å². The van der Waals surface area contributed by atoms with E-state index in [9.17, 15) is 13.2 Å². The van der Waals surface area contributed by atoms with Crippen LogP contribution in [0.2, 0.25) is 0 Å². The van der Waals surface area contributed by atoms with Gasteiger partial charge >= 0.3 is 0 Å². The maximum Gasteiger partial charge on any atom is 0.277 e. The van der Waals surface area contributed by atoms with Gasteiger partial charge in [-0.05, 0) is 56.1 Å². The largest absolute Gasteiger partial charge is 0.338 e. The number of piperazine rings is 1. The average molecular weight is 539 g/mol. The van der Waals surface area contributed by atoms with Gasteiger partial charge in [-0.2, -0.15) is 4.31 Å². The molecule has 0 aliphatic carbocycles. The molecule has 0 atom stereocenters. The lowest BCUT2D eigenvalue weighted by Gasteiger charge is -2.34. The Hall–Kier alpha value is -3.38. The summed E-state index contributed by atoms with van der Waals surface area (Å²) in [5, 5.41) is 8.71. The van der Waals surface area contributed by atoms with Crippen LogP contribution < -0.4 is 10.4 Å². The van der Waals surface area contributed by atoms with Crippen molar-refractivity contribution in [2.75, 3.05) is 44.7 Å². The highest BCUT2D eigenvalue weighted by Crippen LogP contribution is 2.25. The summed E-state index contributed by atoms with van der Waals surface area (Å²) < 4.78 is 28.1. The molecular weight excluding hydrogens is 504 g/mol. The quantitative estimate of drug-likeness (QED) is 0.315. The fourth-order valence-corrected chi connectivity index (χ4v) is 5.66. The first kappa shape index (κ1) is 27.6. The van der Waals surface area contributed by atoms with Crippen LogP contribution >= 0.6 is 0 Å². The molecule has 2 aromatic carbocycles. The van der Waals surface area contributed by atoms with Gasteiger partial charge in [0, 0.05) is 51.2 Å². The zero-order chi connectivity index (χ0) is 27.3. The van der Waals surface area contributed by atoms with Gasteiger partial charge in [0.25, 0.3) is 5.91 Å². The van der Waals surface area contributed by atoms with Crippen LogP contribution in [0.1, 0.15) is 29.8 Å². The number of carbonyl (C=O) groups is 1. The van der Waals surface area contributed by atoms with Crippen molar-refractivity contribution in [2.45, 2.75) is 31.2 Å². The molecule has 1 aliphatic rings. The van der Waals surface area contributed by atoms with Crippen molar-refractivity contribution < 1.29 is 18.4 Å². The molecule has 2 heterocycles. The monoisotopic (exact) mass is 538 g/mol. The summed E-state index contributed by atoms with van der Waals surface area (Å²) in [4.78, 5) is 24.2. The Kier molecular flexibility index (Phi) is 8.72. The maximum atomic E-state index is 13.3. The van der Waals surface area contributed by atoms with Gasteiger partial charge in [0.15, 0.2) is 0 Å². The number of amides is 1. The molecule has 0 unspecified atom stereocenters. The molecule has 1 fully saturated rings. The van der Waals surface area contributed by atoms with Crippen molar-refractivity contribution in [3.63, 3.8) is 0 Å². The zero-order valence-electron chi connectivity index (χ0n) is 21.9. The van der Waals surface area contributed by atoms with Gasteiger partial charge in [0.05, 0.1) is 10.5 Å². The number of aromatic nitrogens is 2. The minimum absolute atomic E-state index is 0.131. The first-order valence-electron chi connectivity index (χ1n) is 12.6. The lowest BCUT2D eigenvalue weighted by atomic mass is 10.0. The minimum Gasteiger partial charge on any atom is -0.338 e. The third-order valence-corrected chi connectivity index (χ3v) is 8.82. The summed E-state index contributed by atoms with van der Waals surface area (Å²) in [6, 6.07) is 15.9. The molecule has 0 spiro atoms. The van der Waals surface area contributed by atoms with Crippen LogP contribution in [0.15, 0.2) is 65.8 Å². The van der Waals surface area contributed by atoms with E-state index in [0.717, 1.165) is 24.1 Å². The molecule has 10 nitrogen and oxygen atoms in total. The summed E-state index contributed by atoms with van der Waals surface area (Å²) in [5.74, 6) is -0.292. The van der Waals surface area contributed by atoms with Crippen molar-refractivity contribution in [1.29, 1.82) is 0 Å². The molecule has 1 amide bonds. The molecule has 3 aromatic rings. The number of hydrogen-bond donors (Lipinski definition) is 2. The lowest BCUT2D eigenvalue weighted by Crippen LogP contribution is -2.49. The second kappa shape index (κ2) is 12.0. The Labute approximate surface area is 223 Å². The first-order valence-corrected chi connectivity index (χ1v) is 14.0. The summed E-state index contributed by atoms with van der Waals surface area (Å²) >= 11 is 0. The minimum atomic E-state index is -3.64. The van der Waals surface area contributed by atoms with E-state index in [2.05, 4.69) is 47.9 Å². The lowest BCUT2D eigenvalue weighted by molar-refractivity contribution is 0.0705. The number of carbonyl (C=O) groups excluding carboxylic acids is 1. The molecule has 0 radical (unpaired) electrons. The topological polar surface area (TPSA) is 119 Å². The van der Waals surface area contributed by atoms with E-state index in [1.165, 1.54) is 27.7 Å². The van der Waals surface area contributed by atoms with Crippen LogP contribution in [0.25, 0.3) is 11.1 Å². The molecule has 11 heteroatoms. The van der Waals surface area contributed by atoms with Crippen LogP contribution in [0.4, 0.5) is 5.95 Å². The summed E-state index contributed by atoms with van der Waals surface area (Å²) in [6.07, 6.45) is 3.59. The van der Waals surface area contributed by atoms with Crippen molar-refractivity contribution >= 4 is 21.9 Å². The number of hydrogen-bond acceptors (Lipinski definition) is 8. The predicted molar refractivity (Wildman–Crippen MR) is 146 cm³/mol. The smallest absolute Gasteiger partial charge is 0.277 e. The van der Waals surface area contributed by atoms with Crippen LogP contribution in [-0.2, 0) is 16.4 Å². The third-order valence-electron chi connectivity index (χ3n) is 6.91. The number of hydroxylamine groups is 1. The number of nitrogens with zero attached hydrogens (tertiary/aromatic N) is 5. The van der Waals surface area contributed by atoms with Crippen molar-refractivity contribution in [2.24, 2.45) is 0 Å². The van der Waals surface area contributed by atoms with E-state index in [0.29, 0.717) is 38.2 Å². The SMILES string of the molecule is CC(C)N(C)CCc1cccc(-c2ccc(S(=O)(=O)N3CCN(c4ncc(C(=O)NO)cn4)CC3)cc2)c1. The highest BCUT2D eigenvalue weighted by molar-refractivity contribution is 7.89. The number of likely N-dealkylation sites (N-methyl/N-ethyl adjacent to an activating group) is 1. The van der Waals surface area contributed by atoms with E-state index < -0.39 is 15.9 Å². The Bertz CT molecular complexity index is 1340. The van der Waals surface area contributed by atoms with Crippen LogP contribution in [-0.4, -0.2) is 84.5 Å². The maximum absolute atomic E-state index is 13.3. The van der Waals surface area contributed by atoms with Gasteiger partial charge in [-0.3, -0.25) is 10.0 Å². The van der Waals surface area contributed by atoms with Crippen molar-refractivity contribution in [3.05, 3.63) is 72.1 Å². The van der Waals surface area contributed by atoms with Crippen LogP contribution in [0.3, 0.4) is 0 Å². The number of anilines is 1. The van der Waals surface area contributed by atoms with Gasteiger partial charge in [-0.15, -0.1) is 0 Å². The zero-order valence-corrected chi connectivity index (χ0v) is 22.7. The molecule has 2 N–H and O–H groups in total. The van der Waals surface area contributed by atoms with E-state index in [1.807, 2.05) is 29.2 Å². The normalized spacial score (nSPS) is 14.7. The van der Waals surface area contributed by atoms with Gasteiger partial charge in [-0.25, -0.2) is 23.9 Å². The highest BCUT2D eigenvalue weighted by atomic mass is 32.2. The number of nitrogens with one attached hydrogen (secondary N) is 1. The molecule has 38 heavy (non-hydrogen) atoms. The van der Waals surface area contributed by atoms with Gasteiger partial charge in [0.2, 0.25) is 16.0 Å². The van der Waals surface area contributed by atoms with E-state index in [1.54, 1.807) is 12.1 Å². The summed E-state index contributed by atoms with van der Waals surface area (Å²) in [6.45, 7) is 6.76. The van der Waals surface area contributed by atoms with E-state index in [4.69, 9.17) is 5.21 Å². The molecule has 1 aromatic heterocycles. The fraction of sp³-hybridized carbons (Fsp3) is 0.370. The molecule has 1 aliphatic heterocycles. The second-order valence-corrected chi connectivity index (χ2v) is 11.6. The highest BCUT2D eigenvalue weighted by Gasteiger charge is 2.29. The Morgan fingerprint density at radius 1 is 1.03 bits per heavy atom. The predicted octanol–water partition coefficient (Wildman–Crippen LogP) is 2.66. The van der Waals surface area contributed by atoms with Crippen LogP contribution in [0, 0.1) is 0 Å². The van der Waals surface area contributed by atoms with Gasteiger partial charge in [-0.1, -0.05) is 36.4 Å². The summed E-state index contributed by atoms with van der Waals surface area (Å²) in [7, 11) is -1.52. The standard InChI is InChI=1S/C27H34N6O4S/c1-20(2)31(3)12-11-21-5-4-6-23(17-21)22-7-9-25(10-8-22)38(36,37)33-15-13-32(14-16-33)27-28-18-24(19-29-27)26(34)30-35/h4-10,17-20,35H,11-16H2,1-3H3,(H,30,34). The second-order valence-electron chi connectivity index (χ2n) is 9.65. The molecule has 0 saturated carbocycles. The number of sulfonamides is 1. The van der Waals surface area contributed by atoms with Crippen molar-refractivity contribution in [3.8, 4) is 11.1 Å². The van der Waals surface area contributed by atoms with Crippen molar-refractivity contribution in [1.82, 2.24) is 24.7 Å². The molecular formula is C27H34N6O4S. The Morgan fingerprint density at radius 3 is 2.29 bits per heavy atom. The van der Waals surface area contributed by atoms with E-state index in [-0.39, 0.29) is 10.5 Å². The van der Waals surface area contributed by atoms with Gasteiger partial charge in [0.1, 0.15) is 0 Å². The Balaban J connectivity index is 1.39. The molecule has 0 bridgehead atoms. The fourth-order valence-electron chi connectivity index (χ4n) is 4.23. The first-order chi connectivity index (χ1) is 18.2. The number of benzene rings is 2. The average Bonchev–Trinajstić information content (AvgIpc) is 2.95. The Morgan fingerprint density at radius 2 is 1.68 bits per heavy atom. The molecule has 202 valence electrons. The molecule has 1 saturated heterocycles. The summed E-state index contributed by atoms with van der Waals surface area (Å²) in [5.41, 5.74) is 4.96. The molecule has 4 rings (SSSR count).